The van der Waals surface area contributed by atoms with Crippen LogP contribution in [0, 0.1) is 11.6 Å². The smallest absolute Gasteiger partial charge is 0.151 e. The fourth-order valence-corrected chi connectivity index (χ4v) is 4.57. The Hall–Kier alpha value is -2.84. The highest BCUT2D eigenvalue weighted by Gasteiger charge is 2.24. The van der Waals surface area contributed by atoms with E-state index in [0.29, 0.717) is 12.4 Å². The van der Waals surface area contributed by atoms with E-state index < -0.39 is 11.6 Å². The summed E-state index contributed by atoms with van der Waals surface area (Å²) >= 11 is 6.08. The molecule has 33 heavy (non-hydrogen) atoms. The van der Waals surface area contributed by atoms with Gasteiger partial charge in [0.25, 0.3) is 0 Å². The molecular formula is C24H25ClF2N6. The molecule has 9 heteroatoms. The maximum absolute atomic E-state index is 14.4. The Morgan fingerprint density at radius 3 is 2.61 bits per heavy atom. The van der Waals surface area contributed by atoms with Crippen molar-refractivity contribution in [2.24, 2.45) is 0 Å². The second kappa shape index (κ2) is 9.19. The summed E-state index contributed by atoms with van der Waals surface area (Å²) in [7, 11) is 2.12. The summed E-state index contributed by atoms with van der Waals surface area (Å²) in [6.45, 7) is 4.65. The highest BCUT2D eigenvalue weighted by atomic mass is 35.5. The number of anilines is 2. The summed E-state index contributed by atoms with van der Waals surface area (Å²) in [5.74, 6) is 0.462. The van der Waals surface area contributed by atoms with Gasteiger partial charge in [0.15, 0.2) is 5.82 Å². The van der Waals surface area contributed by atoms with Crippen molar-refractivity contribution in [1.82, 2.24) is 19.9 Å². The monoisotopic (exact) mass is 470 g/mol. The summed E-state index contributed by atoms with van der Waals surface area (Å²) < 4.78 is 28.4. The minimum Gasteiger partial charge on any atom is -0.354 e. The zero-order valence-electron chi connectivity index (χ0n) is 18.4. The maximum atomic E-state index is 14.4. The molecule has 6 nitrogen and oxygen atoms in total. The molecular weight excluding hydrogens is 446 g/mol. The number of aromatic nitrogens is 3. The van der Waals surface area contributed by atoms with Gasteiger partial charge in [-0.1, -0.05) is 11.6 Å². The van der Waals surface area contributed by atoms with E-state index in [1.807, 2.05) is 17.0 Å². The van der Waals surface area contributed by atoms with Crippen molar-refractivity contribution in [2.75, 3.05) is 49.6 Å². The molecule has 0 spiro atoms. The fourth-order valence-electron chi connectivity index (χ4n) is 4.36. The van der Waals surface area contributed by atoms with Gasteiger partial charge >= 0.3 is 0 Å². The number of fused-ring (bicyclic) bond motifs is 1. The van der Waals surface area contributed by atoms with E-state index in [1.165, 1.54) is 0 Å². The molecule has 0 saturated carbocycles. The standard InChI is InChI=1S/C24H25ClF2N6/c1-31-9-11-32(12-10-31)22-13-16(6-7-28-22)21-14-29-20-3-2-8-33(24(20)30-21)15-17-18(26)4-5-19(27)23(17)25/h4-7,13-14H,2-3,8-12,15H2,1H3. The lowest BCUT2D eigenvalue weighted by atomic mass is 10.1. The van der Waals surface area contributed by atoms with Crippen molar-refractivity contribution in [3.05, 3.63) is 64.6 Å². The van der Waals surface area contributed by atoms with Crippen LogP contribution in [0.25, 0.3) is 11.3 Å². The Morgan fingerprint density at radius 1 is 1.00 bits per heavy atom. The molecule has 2 aromatic heterocycles. The third-order valence-electron chi connectivity index (χ3n) is 6.32. The van der Waals surface area contributed by atoms with Gasteiger partial charge in [0.1, 0.15) is 17.5 Å². The van der Waals surface area contributed by atoms with Crippen molar-refractivity contribution in [2.45, 2.75) is 19.4 Å². The van der Waals surface area contributed by atoms with E-state index in [4.69, 9.17) is 16.6 Å². The number of aryl methyl sites for hydroxylation is 1. The normalized spacial score (nSPS) is 16.7. The molecule has 0 radical (unpaired) electrons. The van der Waals surface area contributed by atoms with Crippen LogP contribution in [-0.4, -0.2) is 59.6 Å². The molecule has 172 valence electrons. The first-order valence-corrected chi connectivity index (χ1v) is 11.5. The minimum absolute atomic E-state index is 0.135. The molecule has 0 atom stereocenters. The molecule has 1 aromatic carbocycles. The third kappa shape index (κ3) is 4.50. The minimum atomic E-state index is -0.627. The fraction of sp³-hybridized carbons (Fsp3) is 0.375. The lowest BCUT2D eigenvalue weighted by Gasteiger charge is -2.33. The largest absolute Gasteiger partial charge is 0.354 e. The van der Waals surface area contributed by atoms with Crippen LogP contribution in [0.15, 0.2) is 36.7 Å². The quantitative estimate of drug-likeness (QED) is 0.533. The van der Waals surface area contributed by atoms with E-state index in [-0.39, 0.29) is 17.1 Å². The Balaban J connectivity index is 1.45. The van der Waals surface area contributed by atoms with Crippen molar-refractivity contribution >= 4 is 23.2 Å². The summed E-state index contributed by atoms with van der Waals surface area (Å²) in [6, 6.07) is 6.12. The van der Waals surface area contributed by atoms with Crippen LogP contribution in [0.1, 0.15) is 17.7 Å². The average Bonchev–Trinajstić information content (AvgIpc) is 2.84. The van der Waals surface area contributed by atoms with Gasteiger partial charge in [-0.05, 0) is 44.2 Å². The van der Waals surface area contributed by atoms with Gasteiger partial charge in [-0.2, -0.15) is 0 Å². The van der Waals surface area contributed by atoms with Crippen LogP contribution in [0.2, 0.25) is 5.02 Å². The molecule has 1 saturated heterocycles. The lowest BCUT2D eigenvalue weighted by molar-refractivity contribution is 0.312. The molecule has 1 fully saturated rings. The number of pyridine rings is 1. The molecule has 4 heterocycles. The van der Waals surface area contributed by atoms with Crippen molar-refractivity contribution in [3.63, 3.8) is 0 Å². The van der Waals surface area contributed by atoms with E-state index in [1.54, 1.807) is 12.4 Å². The van der Waals surface area contributed by atoms with Gasteiger partial charge in [-0.3, -0.25) is 4.98 Å². The number of hydrogen-bond acceptors (Lipinski definition) is 6. The average molecular weight is 471 g/mol. The molecule has 0 N–H and O–H groups in total. The number of likely N-dealkylation sites (N-methyl/N-ethyl adjacent to an activating group) is 1. The van der Waals surface area contributed by atoms with Crippen LogP contribution >= 0.6 is 11.6 Å². The molecule has 0 amide bonds. The number of hydrogen-bond donors (Lipinski definition) is 0. The van der Waals surface area contributed by atoms with Crippen LogP contribution in [0.4, 0.5) is 20.4 Å². The Morgan fingerprint density at radius 2 is 1.79 bits per heavy atom. The Labute approximate surface area is 196 Å². The maximum Gasteiger partial charge on any atom is 0.151 e. The predicted octanol–water partition coefficient (Wildman–Crippen LogP) is 4.17. The lowest BCUT2D eigenvalue weighted by Crippen LogP contribution is -2.44. The first-order valence-electron chi connectivity index (χ1n) is 11.1. The van der Waals surface area contributed by atoms with E-state index in [2.05, 4.69) is 26.8 Å². The second-order valence-corrected chi connectivity index (χ2v) is 8.94. The van der Waals surface area contributed by atoms with E-state index in [0.717, 1.165) is 73.9 Å². The van der Waals surface area contributed by atoms with Gasteiger partial charge in [0.2, 0.25) is 0 Å². The molecule has 5 rings (SSSR count). The molecule has 0 aliphatic carbocycles. The number of benzene rings is 1. The molecule has 3 aromatic rings. The van der Waals surface area contributed by atoms with E-state index in [9.17, 15) is 8.78 Å². The number of halogens is 3. The number of rotatable bonds is 4. The van der Waals surface area contributed by atoms with Gasteiger partial charge in [-0.15, -0.1) is 0 Å². The zero-order valence-corrected chi connectivity index (χ0v) is 19.2. The topological polar surface area (TPSA) is 48.4 Å². The van der Waals surface area contributed by atoms with Crippen LogP contribution in [0.3, 0.4) is 0 Å². The predicted molar refractivity (Wildman–Crippen MR) is 126 cm³/mol. The van der Waals surface area contributed by atoms with Crippen molar-refractivity contribution < 1.29 is 8.78 Å². The van der Waals surface area contributed by atoms with Crippen LogP contribution < -0.4 is 9.80 Å². The highest BCUT2D eigenvalue weighted by molar-refractivity contribution is 6.31. The number of nitrogens with zero attached hydrogens (tertiary/aromatic N) is 6. The van der Waals surface area contributed by atoms with Gasteiger partial charge < -0.3 is 14.7 Å². The first kappa shape index (κ1) is 22.0. The first-order chi connectivity index (χ1) is 16.0. The van der Waals surface area contributed by atoms with Gasteiger partial charge in [-0.25, -0.2) is 18.7 Å². The van der Waals surface area contributed by atoms with Crippen molar-refractivity contribution in [1.29, 1.82) is 0 Å². The summed E-state index contributed by atoms with van der Waals surface area (Å²) in [6.07, 6.45) is 5.23. The highest BCUT2D eigenvalue weighted by Crippen LogP contribution is 2.31. The summed E-state index contributed by atoms with van der Waals surface area (Å²) in [5, 5.41) is -0.183. The zero-order chi connectivity index (χ0) is 22.9. The van der Waals surface area contributed by atoms with Crippen LogP contribution in [0.5, 0.6) is 0 Å². The summed E-state index contributed by atoms with van der Waals surface area (Å²) in [5.41, 5.74) is 2.64. The summed E-state index contributed by atoms with van der Waals surface area (Å²) in [4.78, 5) is 20.6. The molecule has 0 unspecified atom stereocenters. The Kier molecular flexibility index (Phi) is 6.12. The SMILES string of the molecule is CN1CCN(c2cc(-c3cnc4c(n3)N(Cc3c(F)ccc(F)c3Cl)CCC4)ccn2)CC1. The van der Waals surface area contributed by atoms with Crippen molar-refractivity contribution in [3.8, 4) is 11.3 Å². The third-order valence-corrected chi connectivity index (χ3v) is 6.73. The Bertz CT molecular complexity index is 1170. The van der Waals surface area contributed by atoms with Gasteiger partial charge in [0, 0.05) is 56.6 Å². The van der Waals surface area contributed by atoms with Crippen LogP contribution in [-0.2, 0) is 13.0 Å². The van der Waals surface area contributed by atoms with E-state index >= 15 is 0 Å². The molecule has 0 bridgehead atoms. The van der Waals surface area contributed by atoms with Gasteiger partial charge in [0.05, 0.1) is 22.6 Å². The molecule has 2 aliphatic heterocycles. The second-order valence-electron chi connectivity index (χ2n) is 8.57. The number of piperazine rings is 1. The molecule has 2 aliphatic rings.